The molecule has 0 unspecified atom stereocenters. The Bertz CT molecular complexity index is 507. The van der Waals surface area contributed by atoms with Gasteiger partial charge in [-0.25, -0.2) is 4.39 Å². The van der Waals surface area contributed by atoms with Crippen molar-refractivity contribution in [1.29, 1.82) is 0 Å². The summed E-state index contributed by atoms with van der Waals surface area (Å²) in [5, 5.41) is 9.56. The number of rotatable bonds is 2. The average Bonchev–Trinajstić information content (AvgIpc) is 2.65. The minimum absolute atomic E-state index is 0.0202. The molecule has 0 fully saturated rings. The SMILES string of the molecule is Cc1nnc(NC(=O)c2ccc(F)cc2)o1. The molecule has 1 N–H and O–H groups in total. The number of aromatic nitrogens is 2. The van der Waals surface area contributed by atoms with Crippen LogP contribution >= 0.6 is 0 Å². The molecule has 0 atom stereocenters. The number of nitrogens with zero attached hydrogens (tertiary/aromatic N) is 2. The topological polar surface area (TPSA) is 68.0 Å². The highest BCUT2D eigenvalue weighted by Gasteiger charge is 2.09. The quantitative estimate of drug-likeness (QED) is 0.839. The van der Waals surface area contributed by atoms with E-state index in [0.29, 0.717) is 11.5 Å². The lowest BCUT2D eigenvalue weighted by atomic mass is 10.2. The third kappa shape index (κ3) is 2.22. The van der Waals surface area contributed by atoms with Gasteiger partial charge in [-0.15, -0.1) is 5.10 Å². The fourth-order valence-corrected chi connectivity index (χ4v) is 1.12. The van der Waals surface area contributed by atoms with E-state index >= 15 is 0 Å². The molecule has 1 aromatic carbocycles. The second-order valence-electron chi connectivity index (χ2n) is 3.09. The van der Waals surface area contributed by atoms with Gasteiger partial charge in [0.1, 0.15) is 5.82 Å². The molecular formula is C10H8FN3O2. The second kappa shape index (κ2) is 4.09. The van der Waals surface area contributed by atoms with Gasteiger partial charge in [-0.2, -0.15) is 0 Å². The molecule has 5 nitrogen and oxygen atoms in total. The Balaban J connectivity index is 2.11. The Morgan fingerprint density at radius 2 is 2.00 bits per heavy atom. The Morgan fingerprint density at radius 3 is 2.56 bits per heavy atom. The smallest absolute Gasteiger partial charge is 0.322 e. The molecule has 0 bridgehead atoms. The molecule has 0 spiro atoms. The van der Waals surface area contributed by atoms with Crippen molar-refractivity contribution < 1.29 is 13.6 Å². The number of carbonyl (C=O) groups excluding carboxylic acids is 1. The van der Waals surface area contributed by atoms with Gasteiger partial charge >= 0.3 is 6.01 Å². The number of aryl methyl sites for hydroxylation is 1. The predicted molar refractivity (Wildman–Crippen MR) is 53.4 cm³/mol. The summed E-state index contributed by atoms with van der Waals surface area (Å²) < 4.78 is 17.6. The van der Waals surface area contributed by atoms with Crippen LogP contribution in [0.5, 0.6) is 0 Å². The monoisotopic (exact) mass is 221 g/mol. The Hall–Kier alpha value is -2.24. The average molecular weight is 221 g/mol. The molecule has 16 heavy (non-hydrogen) atoms. The van der Waals surface area contributed by atoms with Gasteiger partial charge in [-0.1, -0.05) is 5.10 Å². The molecule has 0 saturated carbocycles. The number of hydrogen-bond acceptors (Lipinski definition) is 4. The highest BCUT2D eigenvalue weighted by atomic mass is 19.1. The zero-order valence-corrected chi connectivity index (χ0v) is 8.40. The first kappa shape index (κ1) is 10.3. The Morgan fingerprint density at radius 1 is 1.31 bits per heavy atom. The molecule has 2 rings (SSSR count). The van der Waals surface area contributed by atoms with E-state index in [0.717, 1.165) is 0 Å². The van der Waals surface area contributed by atoms with Crippen molar-refractivity contribution >= 4 is 11.9 Å². The van der Waals surface area contributed by atoms with Gasteiger partial charge in [0.05, 0.1) is 0 Å². The van der Waals surface area contributed by atoms with E-state index in [4.69, 9.17) is 4.42 Å². The maximum Gasteiger partial charge on any atom is 0.322 e. The summed E-state index contributed by atoms with van der Waals surface area (Å²) in [5.74, 6) is -0.469. The van der Waals surface area contributed by atoms with Crippen LogP contribution in [-0.2, 0) is 0 Å². The van der Waals surface area contributed by atoms with Crippen LogP contribution < -0.4 is 5.32 Å². The molecule has 0 aliphatic heterocycles. The van der Waals surface area contributed by atoms with E-state index in [9.17, 15) is 9.18 Å². The first-order chi connectivity index (χ1) is 7.65. The highest BCUT2D eigenvalue weighted by Crippen LogP contribution is 2.08. The summed E-state index contributed by atoms with van der Waals surface area (Å²) in [6.45, 7) is 1.61. The number of amides is 1. The molecule has 1 heterocycles. The molecule has 1 aromatic heterocycles. The van der Waals surface area contributed by atoms with E-state index in [1.165, 1.54) is 24.3 Å². The predicted octanol–water partition coefficient (Wildman–Crippen LogP) is 1.77. The van der Waals surface area contributed by atoms with Crippen LogP contribution in [-0.4, -0.2) is 16.1 Å². The normalized spacial score (nSPS) is 10.1. The number of nitrogens with one attached hydrogen (secondary N) is 1. The van der Waals surface area contributed by atoms with Gasteiger partial charge in [-0.05, 0) is 24.3 Å². The summed E-state index contributed by atoms with van der Waals surface area (Å²) in [7, 11) is 0. The number of carbonyl (C=O) groups is 1. The first-order valence-electron chi connectivity index (χ1n) is 4.52. The van der Waals surface area contributed by atoms with E-state index in [1.54, 1.807) is 6.92 Å². The standard InChI is InChI=1S/C10H8FN3O2/c1-6-13-14-10(16-6)12-9(15)7-2-4-8(11)5-3-7/h2-5H,1H3,(H,12,14,15). The van der Waals surface area contributed by atoms with Gasteiger partial charge < -0.3 is 4.42 Å². The minimum atomic E-state index is -0.427. The third-order valence-corrected chi connectivity index (χ3v) is 1.85. The van der Waals surface area contributed by atoms with Gasteiger partial charge in [0, 0.05) is 12.5 Å². The van der Waals surface area contributed by atoms with Crippen molar-refractivity contribution in [3.05, 3.63) is 41.5 Å². The lowest BCUT2D eigenvalue weighted by Gasteiger charge is -1.99. The molecule has 82 valence electrons. The van der Waals surface area contributed by atoms with Crippen LogP contribution in [0.15, 0.2) is 28.7 Å². The highest BCUT2D eigenvalue weighted by molar-refractivity contribution is 6.03. The minimum Gasteiger partial charge on any atom is -0.408 e. The summed E-state index contributed by atoms with van der Waals surface area (Å²) in [5.41, 5.74) is 0.317. The largest absolute Gasteiger partial charge is 0.408 e. The molecule has 0 radical (unpaired) electrons. The maximum absolute atomic E-state index is 12.6. The van der Waals surface area contributed by atoms with Gasteiger partial charge in [-0.3, -0.25) is 10.1 Å². The van der Waals surface area contributed by atoms with E-state index in [-0.39, 0.29) is 6.01 Å². The van der Waals surface area contributed by atoms with E-state index < -0.39 is 11.7 Å². The summed E-state index contributed by atoms with van der Waals surface area (Å²) in [6, 6.07) is 5.16. The van der Waals surface area contributed by atoms with E-state index in [2.05, 4.69) is 15.5 Å². The Kier molecular flexibility index (Phi) is 2.63. The van der Waals surface area contributed by atoms with Crippen LogP contribution in [0.3, 0.4) is 0 Å². The lowest BCUT2D eigenvalue weighted by molar-refractivity contribution is 0.102. The van der Waals surface area contributed by atoms with Crippen LogP contribution in [0, 0.1) is 12.7 Å². The second-order valence-corrected chi connectivity index (χ2v) is 3.09. The van der Waals surface area contributed by atoms with Crippen LogP contribution in [0.1, 0.15) is 16.2 Å². The zero-order valence-electron chi connectivity index (χ0n) is 8.40. The van der Waals surface area contributed by atoms with Gasteiger partial charge in [0.25, 0.3) is 5.91 Å². The maximum atomic E-state index is 12.6. The summed E-state index contributed by atoms with van der Waals surface area (Å²) in [4.78, 5) is 11.6. The Labute approximate surface area is 90.3 Å². The van der Waals surface area contributed by atoms with Crippen LogP contribution in [0.2, 0.25) is 0 Å². The van der Waals surface area contributed by atoms with Gasteiger partial charge in [0.15, 0.2) is 0 Å². The number of benzene rings is 1. The molecule has 6 heteroatoms. The summed E-state index contributed by atoms with van der Waals surface area (Å²) in [6.07, 6.45) is 0. The van der Waals surface area contributed by atoms with Gasteiger partial charge in [0.2, 0.25) is 5.89 Å². The third-order valence-electron chi connectivity index (χ3n) is 1.85. The van der Waals surface area contributed by atoms with Crippen molar-refractivity contribution in [2.45, 2.75) is 6.92 Å². The number of halogens is 1. The lowest BCUT2D eigenvalue weighted by Crippen LogP contribution is -2.12. The number of hydrogen-bond donors (Lipinski definition) is 1. The fraction of sp³-hybridized carbons (Fsp3) is 0.100. The molecule has 2 aromatic rings. The van der Waals surface area contributed by atoms with Crippen molar-refractivity contribution in [3.8, 4) is 0 Å². The van der Waals surface area contributed by atoms with E-state index in [1.807, 2.05) is 0 Å². The zero-order chi connectivity index (χ0) is 11.5. The van der Waals surface area contributed by atoms with Crippen molar-refractivity contribution in [1.82, 2.24) is 10.2 Å². The van der Waals surface area contributed by atoms with Crippen molar-refractivity contribution in [2.75, 3.05) is 5.32 Å². The molecule has 1 amide bonds. The number of anilines is 1. The summed E-state index contributed by atoms with van der Waals surface area (Å²) >= 11 is 0. The first-order valence-corrected chi connectivity index (χ1v) is 4.52. The fourth-order valence-electron chi connectivity index (χ4n) is 1.12. The van der Waals surface area contributed by atoms with Crippen molar-refractivity contribution in [3.63, 3.8) is 0 Å². The molecule has 0 aliphatic carbocycles. The molecule has 0 aliphatic rings. The molecular weight excluding hydrogens is 213 g/mol. The van der Waals surface area contributed by atoms with Crippen molar-refractivity contribution in [2.24, 2.45) is 0 Å². The van der Waals surface area contributed by atoms with Crippen LogP contribution in [0.4, 0.5) is 10.4 Å². The molecule has 0 saturated heterocycles. The van der Waals surface area contributed by atoms with Crippen LogP contribution in [0.25, 0.3) is 0 Å².